The molecule has 0 aliphatic rings. The van der Waals surface area contributed by atoms with Crippen LogP contribution < -0.4 is 0 Å². The second-order valence-corrected chi connectivity index (χ2v) is 5.18. The van der Waals surface area contributed by atoms with E-state index < -0.39 is 0 Å². The van der Waals surface area contributed by atoms with Crippen LogP contribution in [0.15, 0.2) is 30.6 Å². The molecule has 2 rings (SSSR count). The number of hydrogen-bond donors (Lipinski definition) is 2. The lowest BCUT2D eigenvalue weighted by molar-refractivity contribution is -0.131. The number of rotatable bonds is 6. The van der Waals surface area contributed by atoms with E-state index in [4.69, 9.17) is 5.11 Å². The molecule has 0 atom stereocenters. The maximum atomic E-state index is 12.4. The summed E-state index contributed by atoms with van der Waals surface area (Å²) in [6.07, 6.45) is 1.95. The Balaban J connectivity index is 2.04. The van der Waals surface area contributed by atoms with Crippen LogP contribution >= 0.6 is 0 Å². The highest BCUT2D eigenvalue weighted by Crippen LogP contribution is 2.10. The normalized spacial score (nSPS) is 10.6. The standard InChI is InChI=1S/C16H21N3O2/c1-12-3-5-14(6-4-12)9-16(21)19(7-8-20)10-15-13(2)17-11-18-15/h3-6,11,20H,7-10H2,1-2H3,(H,17,18). The van der Waals surface area contributed by atoms with Crippen LogP contribution in [0.1, 0.15) is 22.5 Å². The molecule has 1 heterocycles. The lowest BCUT2D eigenvalue weighted by Crippen LogP contribution is -2.34. The van der Waals surface area contributed by atoms with Gasteiger partial charge >= 0.3 is 0 Å². The molecule has 0 bridgehead atoms. The number of nitrogens with one attached hydrogen (secondary N) is 1. The maximum Gasteiger partial charge on any atom is 0.227 e. The number of aromatic nitrogens is 2. The number of aryl methyl sites for hydroxylation is 2. The van der Waals surface area contributed by atoms with Gasteiger partial charge in [-0.25, -0.2) is 4.98 Å². The molecule has 5 heteroatoms. The molecule has 1 aromatic heterocycles. The van der Waals surface area contributed by atoms with Crippen LogP contribution in [-0.2, 0) is 17.8 Å². The Kier molecular flexibility index (Phi) is 5.11. The second-order valence-electron chi connectivity index (χ2n) is 5.18. The van der Waals surface area contributed by atoms with Gasteiger partial charge < -0.3 is 15.0 Å². The molecule has 0 unspecified atom stereocenters. The molecule has 2 aromatic rings. The lowest BCUT2D eigenvalue weighted by atomic mass is 10.1. The molecule has 0 spiro atoms. The Morgan fingerprint density at radius 1 is 1.29 bits per heavy atom. The molecule has 0 saturated heterocycles. The first-order chi connectivity index (χ1) is 10.1. The van der Waals surface area contributed by atoms with Gasteiger partial charge in [-0.2, -0.15) is 0 Å². The zero-order valence-corrected chi connectivity index (χ0v) is 12.5. The number of nitrogens with zero attached hydrogens (tertiary/aromatic N) is 2. The lowest BCUT2D eigenvalue weighted by Gasteiger charge is -2.21. The highest BCUT2D eigenvalue weighted by atomic mass is 16.3. The van der Waals surface area contributed by atoms with Crippen molar-refractivity contribution in [2.45, 2.75) is 26.8 Å². The van der Waals surface area contributed by atoms with E-state index in [1.807, 2.05) is 38.1 Å². The van der Waals surface area contributed by atoms with E-state index in [2.05, 4.69) is 9.97 Å². The molecule has 21 heavy (non-hydrogen) atoms. The third kappa shape index (κ3) is 4.16. The molecule has 0 radical (unpaired) electrons. The maximum absolute atomic E-state index is 12.4. The number of aliphatic hydroxyl groups excluding tert-OH is 1. The Hall–Kier alpha value is -2.14. The second kappa shape index (κ2) is 7.04. The highest BCUT2D eigenvalue weighted by Gasteiger charge is 2.16. The summed E-state index contributed by atoms with van der Waals surface area (Å²) in [7, 11) is 0. The number of amides is 1. The summed E-state index contributed by atoms with van der Waals surface area (Å²) in [5.74, 6) is -0.00435. The number of H-pyrrole nitrogens is 1. The largest absolute Gasteiger partial charge is 0.395 e. The van der Waals surface area contributed by atoms with E-state index in [0.29, 0.717) is 19.5 Å². The average molecular weight is 287 g/mol. The summed E-state index contributed by atoms with van der Waals surface area (Å²) in [5.41, 5.74) is 3.93. The first kappa shape index (κ1) is 15.3. The zero-order valence-electron chi connectivity index (χ0n) is 12.5. The Bertz CT molecular complexity index is 590. The molecule has 0 aliphatic heterocycles. The van der Waals surface area contributed by atoms with Gasteiger partial charge in [-0.05, 0) is 19.4 Å². The van der Waals surface area contributed by atoms with Gasteiger partial charge in [0.15, 0.2) is 0 Å². The van der Waals surface area contributed by atoms with Crippen molar-refractivity contribution >= 4 is 5.91 Å². The number of carbonyl (C=O) groups is 1. The summed E-state index contributed by atoms with van der Waals surface area (Å²) < 4.78 is 0. The van der Waals surface area contributed by atoms with Crippen LogP contribution in [0.3, 0.4) is 0 Å². The SMILES string of the molecule is Cc1ccc(CC(=O)N(CCO)Cc2nc[nH]c2C)cc1. The Morgan fingerprint density at radius 3 is 2.57 bits per heavy atom. The van der Waals surface area contributed by atoms with Crippen molar-refractivity contribution in [3.8, 4) is 0 Å². The topological polar surface area (TPSA) is 69.2 Å². The van der Waals surface area contributed by atoms with Gasteiger partial charge in [0.1, 0.15) is 0 Å². The Morgan fingerprint density at radius 2 is 2.00 bits per heavy atom. The third-order valence-electron chi connectivity index (χ3n) is 3.47. The number of aliphatic hydroxyl groups is 1. The summed E-state index contributed by atoms with van der Waals surface area (Å²) in [6, 6.07) is 7.92. The molecule has 0 fully saturated rings. The molecule has 1 amide bonds. The van der Waals surface area contributed by atoms with E-state index >= 15 is 0 Å². The van der Waals surface area contributed by atoms with Crippen molar-refractivity contribution in [2.24, 2.45) is 0 Å². The zero-order chi connectivity index (χ0) is 15.2. The highest BCUT2D eigenvalue weighted by molar-refractivity contribution is 5.78. The van der Waals surface area contributed by atoms with Crippen molar-refractivity contribution in [3.63, 3.8) is 0 Å². The third-order valence-corrected chi connectivity index (χ3v) is 3.47. The first-order valence-corrected chi connectivity index (χ1v) is 7.03. The van der Waals surface area contributed by atoms with E-state index in [1.165, 1.54) is 5.56 Å². The van der Waals surface area contributed by atoms with Gasteiger partial charge in [-0.15, -0.1) is 0 Å². The van der Waals surface area contributed by atoms with Gasteiger partial charge in [0.2, 0.25) is 5.91 Å². The van der Waals surface area contributed by atoms with Crippen molar-refractivity contribution in [1.82, 2.24) is 14.9 Å². The van der Waals surface area contributed by atoms with Gasteiger partial charge in [0.25, 0.3) is 0 Å². The minimum absolute atomic E-state index is 0.00435. The molecule has 0 aliphatic carbocycles. The summed E-state index contributed by atoms with van der Waals surface area (Å²) in [6.45, 7) is 4.62. The van der Waals surface area contributed by atoms with Crippen LogP contribution in [0.25, 0.3) is 0 Å². The Labute approximate surface area is 124 Å². The minimum atomic E-state index is -0.0525. The van der Waals surface area contributed by atoms with Crippen molar-refractivity contribution in [3.05, 3.63) is 53.1 Å². The van der Waals surface area contributed by atoms with Crippen LogP contribution in [0, 0.1) is 13.8 Å². The van der Waals surface area contributed by atoms with E-state index in [9.17, 15) is 4.79 Å². The van der Waals surface area contributed by atoms with Crippen molar-refractivity contribution < 1.29 is 9.90 Å². The number of imidazole rings is 1. The fourth-order valence-electron chi connectivity index (χ4n) is 2.13. The molecule has 5 nitrogen and oxygen atoms in total. The van der Waals surface area contributed by atoms with E-state index in [-0.39, 0.29) is 12.5 Å². The molecule has 0 saturated carbocycles. The van der Waals surface area contributed by atoms with Gasteiger partial charge in [-0.1, -0.05) is 29.8 Å². The van der Waals surface area contributed by atoms with Gasteiger partial charge in [0.05, 0.1) is 31.6 Å². The van der Waals surface area contributed by atoms with Crippen molar-refractivity contribution in [2.75, 3.05) is 13.2 Å². The summed E-state index contributed by atoms with van der Waals surface area (Å²) >= 11 is 0. The predicted octanol–water partition coefficient (Wildman–Crippen LogP) is 1.59. The number of benzene rings is 1. The van der Waals surface area contributed by atoms with Gasteiger partial charge in [-0.3, -0.25) is 4.79 Å². The number of aromatic amines is 1. The molecule has 2 N–H and O–H groups in total. The number of hydrogen-bond acceptors (Lipinski definition) is 3. The van der Waals surface area contributed by atoms with E-state index in [0.717, 1.165) is 17.0 Å². The minimum Gasteiger partial charge on any atom is -0.395 e. The van der Waals surface area contributed by atoms with Crippen molar-refractivity contribution in [1.29, 1.82) is 0 Å². The predicted molar refractivity (Wildman–Crippen MR) is 80.7 cm³/mol. The van der Waals surface area contributed by atoms with Gasteiger partial charge in [0, 0.05) is 12.2 Å². The molecular formula is C16H21N3O2. The first-order valence-electron chi connectivity index (χ1n) is 7.03. The molecule has 1 aromatic carbocycles. The molecular weight excluding hydrogens is 266 g/mol. The molecule has 112 valence electrons. The van der Waals surface area contributed by atoms with Crippen LogP contribution in [-0.4, -0.2) is 39.0 Å². The quantitative estimate of drug-likeness (QED) is 0.847. The van der Waals surface area contributed by atoms with Crippen LogP contribution in [0.4, 0.5) is 0 Å². The number of carbonyl (C=O) groups excluding carboxylic acids is 1. The smallest absolute Gasteiger partial charge is 0.227 e. The van der Waals surface area contributed by atoms with E-state index in [1.54, 1.807) is 11.2 Å². The summed E-state index contributed by atoms with van der Waals surface area (Å²) in [5, 5.41) is 9.16. The van der Waals surface area contributed by atoms with Crippen LogP contribution in [0.5, 0.6) is 0 Å². The van der Waals surface area contributed by atoms with Crippen LogP contribution in [0.2, 0.25) is 0 Å². The monoisotopic (exact) mass is 287 g/mol. The average Bonchev–Trinajstić information content (AvgIpc) is 2.86. The summed E-state index contributed by atoms with van der Waals surface area (Å²) in [4.78, 5) is 21.3. The fraction of sp³-hybridized carbons (Fsp3) is 0.375. The fourth-order valence-corrected chi connectivity index (χ4v) is 2.13.